The molecule has 0 aliphatic carbocycles. The van der Waals surface area contributed by atoms with E-state index in [4.69, 9.17) is 4.74 Å². The number of carbonyl (C=O) groups is 1. The normalized spacial score (nSPS) is 14.0. The Morgan fingerprint density at radius 3 is 2.43 bits per heavy atom. The fourth-order valence-electron chi connectivity index (χ4n) is 2.26. The average molecular weight is 293 g/mol. The molecule has 0 saturated heterocycles. The third-order valence-corrected chi connectivity index (χ3v) is 3.74. The summed E-state index contributed by atoms with van der Waals surface area (Å²) in [6.07, 6.45) is 3.39. The molecule has 0 bridgehead atoms. The van der Waals surface area contributed by atoms with Gasteiger partial charge in [-0.3, -0.25) is 10.3 Å². The highest BCUT2D eigenvalue weighted by Crippen LogP contribution is 2.21. The molecule has 1 aromatic rings. The van der Waals surface area contributed by atoms with Crippen LogP contribution in [0.25, 0.3) is 0 Å². The van der Waals surface area contributed by atoms with Crippen LogP contribution < -0.4 is 5.32 Å². The van der Waals surface area contributed by atoms with Crippen LogP contribution in [-0.4, -0.2) is 48.6 Å². The smallest absolute Gasteiger partial charge is 0.330 e. The van der Waals surface area contributed by atoms with Crippen LogP contribution >= 0.6 is 0 Å². The average Bonchev–Trinajstić information content (AvgIpc) is 2.52. The second-order valence-electron chi connectivity index (χ2n) is 5.04. The minimum absolute atomic E-state index is 0.254. The zero-order chi connectivity index (χ0) is 15.7. The maximum atomic E-state index is 12.4. The second kappa shape index (κ2) is 8.74. The van der Waals surface area contributed by atoms with E-state index in [9.17, 15) is 4.79 Å². The predicted molar refractivity (Wildman–Crippen MR) is 84.0 cm³/mol. The molecule has 0 aromatic carbocycles. The van der Waals surface area contributed by atoms with E-state index in [-0.39, 0.29) is 5.97 Å². The van der Waals surface area contributed by atoms with E-state index < -0.39 is 5.54 Å². The minimum atomic E-state index is -0.841. The van der Waals surface area contributed by atoms with Gasteiger partial charge in [-0.15, -0.1) is 0 Å². The fraction of sp³-hybridized carbons (Fsp3) is 0.625. The Morgan fingerprint density at radius 1 is 1.29 bits per heavy atom. The third-order valence-electron chi connectivity index (χ3n) is 3.74. The maximum absolute atomic E-state index is 12.4. The molecule has 1 atom stereocenters. The highest BCUT2D eigenvalue weighted by molar-refractivity contribution is 5.82. The Bertz CT molecular complexity index is 421. The van der Waals surface area contributed by atoms with Gasteiger partial charge in [0.1, 0.15) is 5.54 Å². The highest BCUT2D eigenvalue weighted by Gasteiger charge is 2.36. The number of likely N-dealkylation sites (N-methyl/N-ethyl adjacent to an activating group) is 1. The number of hydrogen-bond donors (Lipinski definition) is 1. The Labute approximate surface area is 127 Å². The largest absolute Gasteiger partial charge is 0.464 e. The molecule has 1 heterocycles. The summed E-state index contributed by atoms with van der Waals surface area (Å²) >= 11 is 0. The van der Waals surface area contributed by atoms with Crippen molar-refractivity contribution < 1.29 is 9.53 Å². The molecule has 0 amide bonds. The topological polar surface area (TPSA) is 54.5 Å². The first kappa shape index (κ1) is 17.6. The van der Waals surface area contributed by atoms with Crippen molar-refractivity contribution in [1.29, 1.82) is 0 Å². The molecule has 5 nitrogen and oxygen atoms in total. The van der Waals surface area contributed by atoms with Crippen LogP contribution in [0.15, 0.2) is 24.5 Å². The number of ether oxygens (including phenoxy) is 1. The summed E-state index contributed by atoms with van der Waals surface area (Å²) in [5, 5.41) is 3.35. The summed E-state index contributed by atoms with van der Waals surface area (Å²) in [6, 6.07) is 3.70. The molecular formula is C16H27N3O2. The minimum Gasteiger partial charge on any atom is -0.464 e. The number of carbonyl (C=O) groups excluding carboxylic acids is 1. The molecule has 118 valence electrons. The van der Waals surface area contributed by atoms with E-state index in [2.05, 4.69) is 29.0 Å². The van der Waals surface area contributed by atoms with Crippen molar-refractivity contribution in [3.63, 3.8) is 0 Å². The predicted octanol–water partition coefficient (Wildman–Crippen LogP) is 1.79. The van der Waals surface area contributed by atoms with Gasteiger partial charge in [0.15, 0.2) is 0 Å². The molecule has 1 aromatic heterocycles. The van der Waals surface area contributed by atoms with Gasteiger partial charge in [-0.05, 0) is 44.6 Å². The van der Waals surface area contributed by atoms with Crippen LogP contribution in [0.3, 0.4) is 0 Å². The molecule has 1 N–H and O–H groups in total. The van der Waals surface area contributed by atoms with E-state index in [0.717, 1.165) is 31.7 Å². The molecule has 0 aliphatic heterocycles. The SMILES string of the molecule is CCOC(=O)C(C)(NCCN(CC)CC)c1ccncc1. The van der Waals surface area contributed by atoms with Crippen LogP contribution in [-0.2, 0) is 15.1 Å². The monoisotopic (exact) mass is 293 g/mol. The van der Waals surface area contributed by atoms with E-state index in [1.807, 2.05) is 26.0 Å². The van der Waals surface area contributed by atoms with E-state index in [1.54, 1.807) is 12.4 Å². The number of nitrogens with zero attached hydrogens (tertiary/aromatic N) is 2. The summed E-state index contributed by atoms with van der Waals surface area (Å²) in [5.74, 6) is -0.254. The standard InChI is InChI=1S/C16H27N3O2/c1-5-19(6-2)13-12-18-16(4,15(20)21-7-3)14-8-10-17-11-9-14/h8-11,18H,5-7,12-13H2,1-4H3. The first-order chi connectivity index (χ1) is 10.1. The number of esters is 1. The molecule has 5 heteroatoms. The van der Waals surface area contributed by atoms with E-state index in [1.165, 1.54) is 0 Å². The molecule has 0 spiro atoms. The van der Waals surface area contributed by atoms with Gasteiger partial charge >= 0.3 is 5.97 Å². The molecule has 1 unspecified atom stereocenters. The van der Waals surface area contributed by atoms with Crippen molar-refractivity contribution in [2.45, 2.75) is 33.2 Å². The van der Waals surface area contributed by atoms with Gasteiger partial charge < -0.3 is 9.64 Å². The quantitative estimate of drug-likeness (QED) is 0.704. The lowest BCUT2D eigenvalue weighted by atomic mass is 9.93. The lowest BCUT2D eigenvalue weighted by Gasteiger charge is -2.30. The molecular weight excluding hydrogens is 266 g/mol. The molecule has 0 fully saturated rings. The van der Waals surface area contributed by atoms with Crippen molar-refractivity contribution in [2.75, 3.05) is 32.8 Å². The summed E-state index contributed by atoms with van der Waals surface area (Å²) in [7, 11) is 0. The third kappa shape index (κ3) is 4.79. The second-order valence-corrected chi connectivity index (χ2v) is 5.04. The summed E-state index contributed by atoms with van der Waals surface area (Å²) in [6.45, 7) is 12.0. The molecule has 0 radical (unpaired) electrons. The van der Waals surface area contributed by atoms with Crippen LogP contribution in [0, 0.1) is 0 Å². The van der Waals surface area contributed by atoms with E-state index in [0.29, 0.717) is 6.61 Å². The zero-order valence-electron chi connectivity index (χ0n) is 13.6. The molecule has 0 aliphatic rings. The number of pyridine rings is 1. The Kier molecular flexibility index (Phi) is 7.32. The molecule has 0 saturated carbocycles. The van der Waals surface area contributed by atoms with Crippen LogP contribution in [0.5, 0.6) is 0 Å². The van der Waals surface area contributed by atoms with Crippen molar-refractivity contribution in [3.8, 4) is 0 Å². The van der Waals surface area contributed by atoms with Gasteiger partial charge in [0, 0.05) is 25.5 Å². The van der Waals surface area contributed by atoms with Gasteiger partial charge in [-0.1, -0.05) is 13.8 Å². The van der Waals surface area contributed by atoms with Crippen LogP contribution in [0.4, 0.5) is 0 Å². The number of hydrogen-bond acceptors (Lipinski definition) is 5. The van der Waals surface area contributed by atoms with Crippen LogP contribution in [0.1, 0.15) is 33.3 Å². The van der Waals surface area contributed by atoms with Gasteiger partial charge in [0.2, 0.25) is 0 Å². The highest BCUT2D eigenvalue weighted by atomic mass is 16.5. The van der Waals surface area contributed by atoms with Crippen LogP contribution in [0.2, 0.25) is 0 Å². The first-order valence-electron chi connectivity index (χ1n) is 7.63. The lowest BCUT2D eigenvalue weighted by Crippen LogP contribution is -2.50. The van der Waals surface area contributed by atoms with E-state index >= 15 is 0 Å². The molecule has 1 rings (SSSR count). The van der Waals surface area contributed by atoms with Crippen molar-refractivity contribution >= 4 is 5.97 Å². The fourth-order valence-corrected chi connectivity index (χ4v) is 2.26. The van der Waals surface area contributed by atoms with Gasteiger partial charge in [-0.2, -0.15) is 0 Å². The summed E-state index contributed by atoms with van der Waals surface area (Å²) in [5.41, 5.74) is 0.0297. The number of rotatable bonds is 9. The number of aromatic nitrogens is 1. The first-order valence-corrected chi connectivity index (χ1v) is 7.63. The molecule has 21 heavy (non-hydrogen) atoms. The Morgan fingerprint density at radius 2 is 1.90 bits per heavy atom. The Balaban J connectivity index is 2.81. The van der Waals surface area contributed by atoms with Gasteiger partial charge in [-0.25, -0.2) is 4.79 Å². The summed E-state index contributed by atoms with van der Waals surface area (Å²) in [4.78, 5) is 18.7. The lowest BCUT2D eigenvalue weighted by molar-refractivity contribution is -0.151. The summed E-state index contributed by atoms with van der Waals surface area (Å²) < 4.78 is 5.24. The zero-order valence-corrected chi connectivity index (χ0v) is 13.6. The van der Waals surface area contributed by atoms with Gasteiger partial charge in [0.25, 0.3) is 0 Å². The number of nitrogens with one attached hydrogen (secondary N) is 1. The van der Waals surface area contributed by atoms with Crippen molar-refractivity contribution in [1.82, 2.24) is 15.2 Å². The maximum Gasteiger partial charge on any atom is 0.330 e. The van der Waals surface area contributed by atoms with Crippen molar-refractivity contribution in [2.24, 2.45) is 0 Å². The Hall–Kier alpha value is -1.46. The van der Waals surface area contributed by atoms with Gasteiger partial charge in [0.05, 0.1) is 6.61 Å². The van der Waals surface area contributed by atoms with Crippen molar-refractivity contribution in [3.05, 3.63) is 30.1 Å².